The second-order valence-corrected chi connectivity index (χ2v) is 7.39. The summed E-state index contributed by atoms with van der Waals surface area (Å²) in [4.78, 5) is 14.2. The summed E-state index contributed by atoms with van der Waals surface area (Å²) in [7, 11) is 0. The number of nitrogens with zero attached hydrogens (tertiary/aromatic N) is 2. The molecule has 3 rings (SSSR count). The molecular weight excluding hydrogens is 307 g/mol. The Morgan fingerprint density at radius 3 is 2.71 bits per heavy atom. The summed E-state index contributed by atoms with van der Waals surface area (Å²) >= 11 is 0. The van der Waals surface area contributed by atoms with E-state index in [1.165, 1.54) is 12.1 Å². The monoisotopic (exact) mass is 328 g/mol. The van der Waals surface area contributed by atoms with Crippen LogP contribution in [0.1, 0.15) is 51.2 Å². The van der Waals surface area contributed by atoms with E-state index in [4.69, 9.17) is 10.00 Å². The maximum absolute atomic E-state index is 13.9. The molecule has 2 aliphatic rings. The molecule has 2 atom stereocenters. The first-order valence-electron chi connectivity index (χ1n) is 8.20. The minimum Gasteiger partial charge on any atom is -0.444 e. The van der Waals surface area contributed by atoms with Crippen molar-refractivity contribution in [1.82, 2.24) is 4.90 Å². The molecule has 0 saturated carbocycles. The van der Waals surface area contributed by atoms with E-state index in [9.17, 15) is 9.18 Å². The molecule has 1 aromatic carbocycles. The van der Waals surface area contributed by atoms with Crippen molar-refractivity contribution >= 4 is 11.7 Å². The Hall–Kier alpha value is -2.35. The van der Waals surface area contributed by atoms with Gasteiger partial charge in [-0.2, -0.15) is 5.26 Å². The van der Waals surface area contributed by atoms with Crippen molar-refractivity contribution in [2.24, 2.45) is 0 Å². The number of rotatable bonds is 1. The van der Waals surface area contributed by atoms with Gasteiger partial charge in [-0.3, -0.25) is 4.90 Å². The third-order valence-corrected chi connectivity index (χ3v) is 4.46. The lowest BCUT2D eigenvalue weighted by molar-refractivity contribution is 0.0175. The molecule has 2 heterocycles. The van der Waals surface area contributed by atoms with Crippen LogP contribution < -0.4 is 0 Å². The first-order valence-corrected chi connectivity index (χ1v) is 8.20. The van der Waals surface area contributed by atoms with E-state index in [-0.39, 0.29) is 23.7 Å². The molecule has 2 unspecified atom stereocenters. The Morgan fingerprint density at radius 2 is 2.12 bits per heavy atom. The second kappa shape index (κ2) is 5.94. The van der Waals surface area contributed by atoms with Gasteiger partial charge >= 0.3 is 6.09 Å². The largest absolute Gasteiger partial charge is 0.444 e. The van der Waals surface area contributed by atoms with Crippen LogP contribution in [0.2, 0.25) is 0 Å². The maximum atomic E-state index is 13.9. The van der Waals surface area contributed by atoms with E-state index < -0.39 is 11.4 Å². The lowest BCUT2D eigenvalue weighted by Gasteiger charge is -2.35. The quantitative estimate of drug-likeness (QED) is 0.774. The summed E-state index contributed by atoms with van der Waals surface area (Å²) in [5.41, 5.74) is 1.35. The van der Waals surface area contributed by atoms with Gasteiger partial charge in [-0.05, 0) is 63.3 Å². The summed E-state index contributed by atoms with van der Waals surface area (Å²) in [6.07, 6.45) is 4.25. The highest BCUT2D eigenvalue weighted by molar-refractivity contribution is 5.75. The molecule has 1 saturated heterocycles. The van der Waals surface area contributed by atoms with Gasteiger partial charge < -0.3 is 4.74 Å². The average Bonchev–Trinajstić information content (AvgIpc) is 2.76. The maximum Gasteiger partial charge on any atom is 0.411 e. The van der Waals surface area contributed by atoms with Gasteiger partial charge in [-0.1, -0.05) is 12.1 Å². The molecule has 5 heteroatoms. The molecule has 0 spiro atoms. The van der Waals surface area contributed by atoms with Crippen molar-refractivity contribution in [3.8, 4) is 6.07 Å². The number of hydrogen-bond donors (Lipinski definition) is 0. The Labute approximate surface area is 141 Å². The zero-order valence-electron chi connectivity index (χ0n) is 14.2. The zero-order valence-corrected chi connectivity index (χ0v) is 14.2. The van der Waals surface area contributed by atoms with Gasteiger partial charge in [0, 0.05) is 6.04 Å². The van der Waals surface area contributed by atoms with Gasteiger partial charge in [0.2, 0.25) is 0 Å². The van der Waals surface area contributed by atoms with E-state index in [1.807, 2.05) is 37.8 Å². The van der Waals surface area contributed by atoms with E-state index in [1.54, 1.807) is 6.07 Å². The molecule has 24 heavy (non-hydrogen) atoms. The summed E-state index contributed by atoms with van der Waals surface area (Å²) in [5.74, 6) is -0.502. The smallest absolute Gasteiger partial charge is 0.411 e. The van der Waals surface area contributed by atoms with E-state index in [0.29, 0.717) is 6.42 Å². The number of nitriles is 1. The van der Waals surface area contributed by atoms with Crippen molar-refractivity contribution in [2.45, 2.75) is 57.7 Å². The van der Waals surface area contributed by atoms with Crippen LogP contribution in [0.4, 0.5) is 9.18 Å². The highest BCUT2D eigenvalue weighted by atomic mass is 19.1. The van der Waals surface area contributed by atoms with E-state index in [2.05, 4.69) is 0 Å². The van der Waals surface area contributed by atoms with Crippen molar-refractivity contribution in [2.75, 3.05) is 0 Å². The van der Waals surface area contributed by atoms with Gasteiger partial charge in [-0.25, -0.2) is 9.18 Å². The summed E-state index contributed by atoms with van der Waals surface area (Å²) in [6, 6.07) is 6.61. The molecule has 2 bridgehead atoms. The number of ether oxygens (including phenoxy) is 1. The lowest BCUT2D eigenvalue weighted by Crippen LogP contribution is -2.45. The Morgan fingerprint density at radius 1 is 1.38 bits per heavy atom. The summed E-state index contributed by atoms with van der Waals surface area (Å²) in [6.45, 7) is 5.58. The number of amides is 1. The SMILES string of the molecule is CC(C)(C)OC(=O)N1C2C=C(c3ccc(C#N)c(F)c3)CC1CC2. The standard InChI is InChI=1S/C19H21FN2O2/c1-19(2,3)24-18(23)22-15-6-7-16(22)9-14(8-15)12-4-5-13(11-21)17(20)10-12/h4-5,8,10,15-16H,6-7,9H2,1-3H3. The predicted octanol–water partition coefficient (Wildman–Crippen LogP) is 4.25. The normalized spacial score (nSPS) is 22.8. The molecular formula is C19H21FN2O2. The highest BCUT2D eigenvalue weighted by Crippen LogP contribution is 2.39. The minimum atomic E-state index is -0.517. The van der Waals surface area contributed by atoms with Crippen LogP contribution >= 0.6 is 0 Å². The molecule has 1 aromatic rings. The number of hydrogen-bond acceptors (Lipinski definition) is 3. The third kappa shape index (κ3) is 3.14. The fourth-order valence-electron chi connectivity index (χ4n) is 3.45. The number of carbonyl (C=O) groups excluding carboxylic acids is 1. The first kappa shape index (κ1) is 16.5. The van der Waals surface area contributed by atoms with Crippen molar-refractivity contribution < 1.29 is 13.9 Å². The molecule has 0 aliphatic carbocycles. The number of benzene rings is 1. The molecule has 1 fully saturated rings. The van der Waals surface area contributed by atoms with Gasteiger partial charge in [0.05, 0.1) is 11.6 Å². The third-order valence-electron chi connectivity index (χ3n) is 4.46. The van der Waals surface area contributed by atoms with Gasteiger partial charge in [0.25, 0.3) is 0 Å². The molecule has 0 aromatic heterocycles. The zero-order chi connectivity index (χ0) is 17.5. The van der Waals surface area contributed by atoms with Crippen molar-refractivity contribution in [1.29, 1.82) is 5.26 Å². The number of fused-ring (bicyclic) bond motifs is 2. The van der Waals surface area contributed by atoms with Crippen LogP contribution in [-0.2, 0) is 4.74 Å². The predicted molar refractivity (Wildman–Crippen MR) is 88.6 cm³/mol. The molecule has 4 nitrogen and oxygen atoms in total. The molecule has 0 N–H and O–H groups in total. The Balaban J connectivity index is 1.83. The molecule has 0 radical (unpaired) electrons. The number of carbonyl (C=O) groups is 1. The fourth-order valence-corrected chi connectivity index (χ4v) is 3.45. The molecule has 1 amide bonds. The van der Waals surface area contributed by atoms with E-state index in [0.717, 1.165) is 24.0 Å². The second-order valence-electron chi connectivity index (χ2n) is 7.39. The molecule has 126 valence electrons. The fraction of sp³-hybridized carbons (Fsp3) is 0.474. The van der Waals surface area contributed by atoms with Crippen LogP contribution in [0.25, 0.3) is 5.57 Å². The van der Waals surface area contributed by atoms with E-state index >= 15 is 0 Å². The van der Waals surface area contributed by atoms with Crippen LogP contribution in [-0.4, -0.2) is 28.7 Å². The van der Waals surface area contributed by atoms with Crippen molar-refractivity contribution in [3.05, 3.63) is 41.2 Å². The molecule has 2 aliphatic heterocycles. The summed E-state index contributed by atoms with van der Waals surface area (Å²) in [5, 5.41) is 8.84. The van der Waals surface area contributed by atoms with Crippen LogP contribution in [0.5, 0.6) is 0 Å². The Bertz CT molecular complexity index is 743. The van der Waals surface area contributed by atoms with Gasteiger partial charge in [0.15, 0.2) is 0 Å². The van der Waals surface area contributed by atoms with Crippen molar-refractivity contribution in [3.63, 3.8) is 0 Å². The van der Waals surface area contributed by atoms with Crippen LogP contribution in [0.3, 0.4) is 0 Å². The highest BCUT2D eigenvalue weighted by Gasteiger charge is 2.41. The van der Waals surface area contributed by atoms with Crippen LogP contribution in [0, 0.1) is 17.1 Å². The van der Waals surface area contributed by atoms with Crippen LogP contribution in [0.15, 0.2) is 24.3 Å². The van der Waals surface area contributed by atoms with Gasteiger partial charge in [0.1, 0.15) is 17.5 Å². The minimum absolute atomic E-state index is 0.00713. The average molecular weight is 328 g/mol. The first-order chi connectivity index (χ1) is 11.3. The summed E-state index contributed by atoms with van der Waals surface area (Å²) < 4.78 is 19.4. The topological polar surface area (TPSA) is 53.3 Å². The number of halogens is 1. The lowest BCUT2D eigenvalue weighted by atomic mass is 9.94. The van der Waals surface area contributed by atoms with Gasteiger partial charge in [-0.15, -0.1) is 0 Å². The Kier molecular flexibility index (Phi) is 4.08.